The first-order valence-corrected chi connectivity index (χ1v) is 7.11. The Hall–Kier alpha value is -1.75. The lowest BCUT2D eigenvalue weighted by atomic mass is 10.1. The third-order valence-corrected chi connectivity index (χ3v) is 3.73. The van der Waals surface area contributed by atoms with E-state index >= 15 is 0 Å². The standard InChI is InChI=1S/C15H23N3O2/c1-3-17-15(19)10-4-7-13(16)14(8-10)18-11-5-6-12(9-11)20-2/h4,7-8,11-12,18H,3,5-6,9,16H2,1-2H3,(H,17,19). The van der Waals surface area contributed by atoms with E-state index in [9.17, 15) is 4.79 Å². The lowest BCUT2D eigenvalue weighted by Crippen LogP contribution is -2.23. The molecule has 0 aromatic heterocycles. The number of hydrogen-bond donors (Lipinski definition) is 3. The molecule has 1 aromatic carbocycles. The molecule has 1 amide bonds. The molecule has 1 saturated carbocycles. The number of benzene rings is 1. The molecule has 1 aliphatic rings. The number of nitrogens with one attached hydrogen (secondary N) is 2. The number of anilines is 2. The predicted molar refractivity (Wildman–Crippen MR) is 80.9 cm³/mol. The van der Waals surface area contributed by atoms with Crippen LogP contribution in [-0.2, 0) is 4.74 Å². The van der Waals surface area contributed by atoms with Crippen molar-refractivity contribution in [2.75, 3.05) is 24.7 Å². The van der Waals surface area contributed by atoms with Crippen LogP contribution in [0.3, 0.4) is 0 Å². The van der Waals surface area contributed by atoms with Gasteiger partial charge >= 0.3 is 0 Å². The predicted octanol–water partition coefficient (Wildman–Crippen LogP) is 2.00. The average Bonchev–Trinajstić information content (AvgIpc) is 2.89. The Balaban J connectivity index is 2.07. The first kappa shape index (κ1) is 14.7. The summed E-state index contributed by atoms with van der Waals surface area (Å²) in [6.45, 7) is 2.52. The largest absolute Gasteiger partial charge is 0.397 e. The van der Waals surface area contributed by atoms with E-state index in [0.717, 1.165) is 24.9 Å². The summed E-state index contributed by atoms with van der Waals surface area (Å²) in [5.41, 5.74) is 8.11. The summed E-state index contributed by atoms with van der Waals surface area (Å²) in [6, 6.07) is 5.69. The average molecular weight is 277 g/mol. The molecule has 1 fully saturated rings. The summed E-state index contributed by atoms with van der Waals surface area (Å²) < 4.78 is 5.37. The van der Waals surface area contributed by atoms with Crippen molar-refractivity contribution in [2.24, 2.45) is 0 Å². The van der Waals surface area contributed by atoms with Crippen LogP contribution < -0.4 is 16.4 Å². The quantitative estimate of drug-likeness (QED) is 0.719. The minimum absolute atomic E-state index is 0.0725. The molecule has 5 heteroatoms. The molecule has 5 nitrogen and oxygen atoms in total. The van der Waals surface area contributed by atoms with Gasteiger partial charge in [-0.15, -0.1) is 0 Å². The zero-order chi connectivity index (χ0) is 14.5. The van der Waals surface area contributed by atoms with Crippen LogP contribution in [-0.4, -0.2) is 31.7 Å². The van der Waals surface area contributed by atoms with E-state index in [1.165, 1.54) is 0 Å². The smallest absolute Gasteiger partial charge is 0.251 e. The summed E-state index contributed by atoms with van der Waals surface area (Å²) >= 11 is 0. The van der Waals surface area contributed by atoms with Crippen LogP contribution >= 0.6 is 0 Å². The monoisotopic (exact) mass is 277 g/mol. The number of rotatable bonds is 5. The lowest BCUT2D eigenvalue weighted by molar-refractivity contribution is 0.0956. The van der Waals surface area contributed by atoms with E-state index in [2.05, 4.69) is 10.6 Å². The van der Waals surface area contributed by atoms with Crippen LogP contribution in [0.2, 0.25) is 0 Å². The maximum atomic E-state index is 11.8. The third-order valence-electron chi connectivity index (χ3n) is 3.73. The molecular formula is C15H23N3O2. The molecule has 4 N–H and O–H groups in total. The summed E-state index contributed by atoms with van der Waals surface area (Å²) in [5.74, 6) is -0.0725. The van der Waals surface area contributed by atoms with Crippen LogP contribution in [0.5, 0.6) is 0 Å². The number of ether oxygens (including phenoxy) is 1. The highest BCUT2D eigenvalue weighted by atomic mass is 16.5. The molecule has 0 saturated heterocycles. The van der Waals surface area contributed by atoms with Gasteiger partial charge in [0.2, 0.25) is 0 Å². The van der Waals surface area contributed by atoms with Crippen LogP contribution in [0, 0.1) is 0 Å². The zero-order valence-corrected chi connectivity index (χ0v) is 12.1. The van der Waals surface area contributed by atoms with E-state index in [0.29, 0.717) is 29.9 Å². The normalized spacial score (nSPS) is 21.7. The Morgan fingerprint density at radius 2 is 2.25 bits per heavy atom. The molecule has 110 valence electrons. The molecular weight excluding hydrogens is 254 g/mol. The molecule has 2 atom stereocenters. The molecule has 2 rings (SSSR count). The maximum absolute atomic E-state index is 11.8. The van der Waals surface area contributed by atoms with Crippen LogP contribution in [0.15, 0.2) is 18.2 Å². The fourth-order valence-corrected chi connectivity index (χ4v) is 2.59. The van der Waals surface area contributed by atoms with E-state index < -0.39 is 0 Å². The first-order chi connectivity index (χ1) is 9.63. The number of hydrogen-bond acceptors (Lipinski definition) is 4. The van der Waals surface area contributed by atoms with E-state index in [1.54, 1.807) is 19.2 Å². The summed E-state index contributed by atoms with van der Waals surface area (Å²) in [6.07, 6.45) is 3.41. The van der Waals surface area contributed by atoms with Gasteiger partial charge in [-0.1, -0.05) is 0 Å². The second-order valence-electron chi connectivity index (χ2n) is 5.17. The van der Waals surface area contributed by atoms with Crippen molar-refractivity contribution in [3.05, 3.63) is 23.8 Å². The lowest BCUT2D eigenvalue weighted by Gasteiger charge is -2.17. The second-order valence-corrected chi connectivity index (χ2v) is 5.17. The summed E-state index contributed by atoms with van der Waals surface area (Å²) in [5, 5.41) is 6.22. The zero-order valence-electron chi connectivity index (χ0n) is 12.1. The fraction of sp³-hybridized carbons (Fsp3) is 0.533. The molecule has 2 unspecified atom stereocenters. The fourth-order valence-electron chi connectivity index (χ4n) is 2.59. The van der Waals surface area contributed by atoms with Crippen LogP contribution in [0.4, 0.5) is 11.4 Å². The van der Waals surface area contributed by atoms with Crippen molar-refractivity contribution >= 4 is 17.3 Å². The van der Waals surface area contributed by atoms with Crippen LogP contribution in [0.25, 0.3) is 0 Å². The molecule has 0 heterocycles. The van der Waals surface area contributed by atoms with Gasteiger partial charge in [0.1, 0.15) is 0 Å². The van der Waals surface area contributed by atoms with Crippen molar-refractivity contribution in [3.8, 4) is 0 Å². The SMILES string of the molecule is CCNC(=O)c1ccc(N)c(NC2CCC(OC)C2)c1. The Bertz CT molecular complexity index is 476. The summed E-state index contributed by atoms with van der Waals surface area (Å²) in [7, 11) is 1.75. The van der Waals surface area contributed by atoms with Crippen molar-refractivity contribution in [1.82, 2.24) is 5.32 Å². The van der Waals surface area contributed by atoms with E-state index in [1.807, 2.05) is 13.0 Å². The van der Waals surface area contributed by atoms with Gasteiger partial charge in [-0.2, -0.15) is 0 Å². The molecule has 1 aliphatic carbocycles. The third kappa shape index (κ3) is 3.42. The van der Waals surface area contributed by atoms with Gasteiger partial charge in [0.25, 0.3) is 5.91 Å². The van der Waals surface area contributed by atoms with E-state index in [-0.39, 0.29) is 5.91 Å². The Morgan fingerprint density at radius 1 is 1.45 bits per heavy atom. The molecule has 0 bridgehead atoms. The second kappa shape index (κ2) is 6.61. The number of carbonyl (C=O) groups excluding carboxylic acids is 1. The van der Waals surface area contributed by atoms with Crippen molar-refractivity contribution < 1.29 is 9.53 Å². The number of amides is 1. The minimum atomic E-state index is -0.0725. The maximum Gasteiger partial charge on any atom is 0.251 e. The Labute approximate surface area is 119 Å². The van der Waals surface area contributed by atoms with Gasteiger partial charge in [0, 0.05) is 25.3 Å². The van der Waals surface area contributed by atoms with Crippen LogP contribution in [0.1, 0.15) is 36.5 Å². The number of nitrogen functional groups attached to an aromatic ring is 1. The molecule has 1 aromatic rings. The Kier molecular flexibility index (Phi) is 4.84. The molecule has 0 spiro atoms. The van der Waals surface area contributed by atoms with Gasteiger partial charge in [-0.3, -0.25) is 4.79 Å². The number of methoxy groups -OCH3 is 1. The first-order valence-electron chi connectivity index (χ1n) is 7.11. The van der Waals surface area contributed by atoms with Gasteiger partial charge in [0.15, 0.2) is 0 Å². The Morgan fingerprint density at radius 3 is 2.90 bits per heavy atom. The van der Waals surface area contributed by atoms with Gasteiger partial charge in [-0.05, 0) is 44.4 Å². The highest BCUT2D eigenvalue weighted by molar-refractivity contribution is 5.96. The van der Waals surface area contributed by atoms with E-state index in [4.69, 9.17) is 10.5 Å². The highest BCUT2D eigenvalue weighted by Gasteiger charge is 2.24. The molecule has 0 aliphatic heterocycles. The van der Waals surface area contributed by atoms with Crippen molar-refractivity contribution in [3.63, 3.8) is 0 Å². The van der Waals surface area contributed by atoms with Crippen molar-refractivity contribution in [2.45, 2.75) is 38.3 Å². The topological polar surface area (TPSA) is 76.4 Å². The number of carbonyl (C=O) groups is 1. The highest BCUT2D eigenvalue weighted by Crippen LogP contribution is 2.28. The number of nitrogens with two attached hydrogens (primary N) is 1. The molecule has 20 heavy (non-hydrogen) atoms. The molecule has 0 radical (unpaired) electrons. The van der Waals surface area contributed by atoms with Gasteiger partial charge < -0.3 is 21.1 Å². The van der Waals surface area contributed by atoms with Gasteiger partial charge in [-0.25, -0.2) is 0 Å². The van der Waals surface area contributed by atoms with Gasteiger partial charge in [0.05, 0.1) is 17.5 Å². The summed E-state index contributed by atoms with van der Waals surface area (Å²) in [4.78, 5) is 11.8. The van der Waals surface area contributed by atoms with Crippen molar-refractivity contribution in [1.29, 1.82) is 0 Å². The minimum Gasteiger partial charge on any atom is -0.397 e.